The average molecular weight is 333 g/mol. The van der Waals surface area contributed by atoms with E-state index < -0.39 is 5.97 Å². The maximum Gasteiger partial charge on any atom is 0.310 e. The van der Waals surface area contributed by atoms with E-state index in [-0.39, 0.29) is 31.1 Å². The second-order valence-electron chi connectivity index (χ2n) is 6.58. The predicted molar refractivity (Wildman–Crippen MR) is 91.9 cm³/mol. The third-order valence-corrected chi connectivity index (χ3v) is 4.10. The minimum Gasteiger partial charge on any atom is -0.491 e. The lowest BCUT2D eigenvalue weighted by molar-refractivity contribution is -0.152. The summed E-state index contributed by atoms with van der Waals surface area (Å²) < 4.78 is 10.8. The Bertz CT molecular complexity index is 570. The molecule has 5 heteroatoms. The highest BCUT2D eigenvalue weighted by atomic mass is 16.5. The third kappa shape index (κ3) is 5.55. The highest BCUT2D eigenvalue weighted by Crippen LogP contribution is 2.17. The molecule has 1 saturated heterocycles. The van der Waals surface area contributed by atoms with Gasteiger partial charge in [-0.25, -0.2) is 0 Å². The molecule has 1 heterocycles. The van der Waals surface area contributed by atoms with E-state index >= 15 is 0 Å². The molecule has 0 spiro atoms. The van der Waals surface area contributed by atoms with Crippen LogP contribution in [0.15, 0.2) is 24.3 Å². The molecule has 0 radical (unpaired) electrons. The zero-order valence-corrected chi connectivity index (χ0v) is 14.8. The van der Waals surface area contributed by atoms with Crippen LogP contribution in [0.3, 0.4) is 0 Å². The van der Waals surface area contributed by atoms with Gasteiger partial charge in [0.15, 0.2) is 6.61 Å². The lowest BCUT2D eigenvalue weighted by atomic mass is 10.0. The number of esters is 1. The molecule has 0 aliphatic carbocycles. The molecule has 1 amide bonds. The first-order valence-corrected chi connectivity index (χ1v) is 8.66. The van der Waals surface area contributed by atoms with Crippen molar-refractivity contribution in [2.45, 2.75) is 58.6 Å². The Hall–Kier alpha value is -2.04. The van der Waals surface area contributed by atoms with Crippen LogP contribution in [0.2, 0.25) is 0 Å². The predicted octanol–water partition coefficient (Wildman–Crippen LogP) is 2.96. The molecule has 24 heavy (non-hydrogen) atoms. The Morgan fingerprint density at radius 1 is 1.29 bits per heavy atom. The number of carbonyl (C=O) groups excluding carboxylic acids is 2. The second kappa shape index (κ2) is 8.71. The molecule has 132 valence electrons. The first-order chi connectivity index (χ1) is 11.5. The monoisotopic (exact) mass is 333 g/mol. The topological polar surface area (TPSA) is 55.8 Å². The maximum atomic E-state index is 12.2. The van der Waals surface area contributed by atoms with Gasteiger partial charge in [0.1, 0.15) is 5.75 Å². The van der Waals surface area contributed by atoms with Gasteiger partial charge in [-0.05, 0) is 57.7 Å². The van der Waals surface area contributed by atoms with Crippen molar-refractivity contribution in [2.24, 2.45) is 0 Å². The smallest absolute Gasteiger partial charge is 0.310 e. The van der Waals surface area contributed by atoms with E-state index in [0.717, 1.165) is 37.1 Å². The van der Waals surface area contributed by atoms with E-state index in [4.69, 9.17) is 9.47 Å². The minimum absolute atomic E-state index is 0.0800. The minimum atomic E-state index is -0.394. The van der Waals surface area contributed by atoms with Gasteiger partial charge in [0.05, 0.1) is 12.5 Å². The Balaban J connectivity index is 1.81. The molecule has 0 bridgehead atoms. The van der Waals surface area contributed by atoms with Crippen molar-refractivity contribution in [3.05, 3.63) is 29.8 Å². The number of hydrogen-bond donors (Lipinski definition) is 0. The zero-order chi connectivity index (χ0) is 17.5. The third-order valence-electron chi connectivity index (χ3n) is 4.10. The van der Waals surface area contributed by atoms with Crippen molar-refractivity contribution in [1.82, 2.24) is 4.90 Å². The molecule has 0 saturated carbocycles. The maximum absolute atomic E-state index is 12.2. The number of ether oxygens (including phenoxy) is 2. The fourth-order valence-electron chi connectivity index (χ4n) is 2.91. The van der Waals surface area contributed by atoms with Gasteiger partial charge in [-0.1, -0.05) is 12.1 Å². The van der Waals surface area contributed by atoms with Crippen molar-refractivity contribution < 1.29 is 19.1 Å². The van der Waals surface area contributed by atoms with Crippen molar-refractivity contribution in [1.29, 1.82) is 0 Å². The van der Waals surface area contributed by atoms with Gasteiger partial charge in [0.2, 0.25) is 0 Å². The summed E-state index contributed by atoms with van der Waals surface area (Å²) in [5.41, 5.74) is 0.817. The lowest BCUT2D eigenvalue weighted by Gasteiger charge is -2.33. The van der Waals surface area contributed by atoms with Gasteiger partial charge >= 0.3 is 5.97 Å². The molecule has 0 aromatic heterocycles. The van der Waals surface area contributed by atoms with Crippen LogP contribution in [0.1, 0.15) is 45.6 Å². The van der Waals surface area contributed by atoms with E-state index in [2.05, 4.69) is 0 Å². The highest BCUT2D eigenvalue weighted by molar-refractivity contribution is 5.81. The summed E-state index contributed by atoms with van der Waals surface area (Å²) >= 11 is 0. The van der Waals surface area contributed by atoms with Gasteiger partial charge in [0.25, 0.3) is 5.91 Å². The lowest BCUT2D eigenvalue weighted by Crippen LogP contribution is -2.44. The standard InChI is InChI=1S/C19H27NO4/c1-14(2)24-17-9-6-8-16(11-17)12-19(22)23-13-18(21)20-10-5-4-7-15(20)3/h6,8-9,11,14-15H,4-5,7,10,12-13H2,1-3H3. The van der Waals surface area contributed by atoms with Crippen LogP contribution in [0.4, 0.5) is 0 Å². The summed E-state index contributed by atoms with van der Waals surface area (Å²) in [5, 5.41) is 0. The van der Waals surface area contributed by atoms with Crippen LogP contribution in [0.5, 0.6) is 5.75 Å². The summed E-state index contributed by atoms with van der Waals surface area (Å²) in [6, 6.07) is 7.62. The van der Waals surface area contributed by atoms with E-state index in [1.54, 1.807) is 0 Å². The average Bonchev–Trinajstić information content (AvgIpc) is 2.53. The van der Waals surface area contributed by atoms with Crippen molar-refractivity contribution in [2.75, 3.05) is 13.2 Å². The summed E-state index contributed by atoms with van der Waals surface area (Å²) in [7, 11) is 0. The van der Waals surface area contributed by atoms with E-state index in [0.29, 0.717) is 0 Å². The Labute approximate surface area is 143 Å². The van der Waals surface area contributed by atoms with Crippen LogP contribution < -0.4 is 4.74 Å². The molecular weight excluding hydrogens is 306 g/mol. The number of rotatable bonds is 6. The summed E-state index contributed by atoms with van der Waals surface area (Å²) in [6.07, 6.45) is 3.41. The molecule has 5 nitrogen and oxygen atoms in total. The number of likely N-dealkylation sites (tertiary alicyclic amines) is 1. The van der Waals surface area contributed by atoms with Gasteiger partial charge in [-0.2, -0.15) is 0 Å². The number of carbonyl (C=O) groups is 2. The normalized spacial score (nSPS) is 17.7. The Morgan fingerprint density at radius 2 is 2.08 bits per heavy atom. The van der Waals surface area contributed by atoms with Crippen molar-refractivity contribution >= 4 is 11.9 Å². The van der Waals surface area contributed by atoms with Gasteiger partial charge in [-0.15, -0.1) is 0 Å². The molecule has 1 aliphatic rings. The van der Waals surface area contributed by atoms with Crippen LogP contribution in [-0.2, 0) is 20.7 Å². The molecule has 1 atom stereocenters. The fourth-order valence-corrected chi connectivity index (χ4v) is 2.91. The SMILES string of the molecule is CC(C)Oc1cccc(CC(=O)OCC(=O)N2CCCCC2C)c1. The summed E-state index contributed by atoms with van der Waals surface area (Å²) in [4.78, 5) is 26.0. The number of nitrogens with zero attached hydrogens (tertiary/aromatic N) is 1. The first kappa shape index (κ1) is 18.3. The molecule has 1 unspecified atom stereocenters. The molecule has 0 N–H and O–H groups in total. The van der Waals surface area contributed by atoms with E-state index in [1.165, 1.54) is 0 Å². The Morgan fingerprint density at radius 3 is 2.79 bits per heavy atom. The quantitative estimate of drug-likeness (QED) is 0.751. The zero-order valence-electron chi connectivity index (χ0n) is 14.8. The molecular formula is C19H27NO4. The Kier molecular flexibility index (Phi) is 6.64. The largest absolute Gasteiger partial charge is 0.491 e. The van der Waals surface area contributed by atoms with Crippen molar-refractivity contribution in [3.63, 3.8) is 0 Å². The van der Waals surface area contributed by atoms with Crippen LogP contribution in [0, 0.1) is 0 Å². The molecule has 1 aromatic carbocycles. The summed E-state index contributed by atoms with van der Waals surface area (Å²) in [6.45, 7) is 6.53. The number of benzene rings is 1. The van der Waals surface area contributed by atoms with Crippen molar-refractivity contribution in [3.8, 4) is 5.75 Å². The van der Waals surface area contributed by atoms with Crippen LogP contribution in [0.25, 0.3) is 0 Å². The van der Waals surface area contributed by atoms with Gasteiger partial charge < -0.3 is 14.4 Å². The van der Waals surface area contributed by atoms with E-state index in [1.807, 2.05) is 49.9 Å². The molecule has 1 aromatic rings. The second-order valence-corrected chi connectivity index (χ2v) is 6.58. The fraction of sp³-hybridized carbons (Fsp3) is 0.579. The summed E-state index contributed by atoms with van der Waals surface area (Å²) in [5.74, 6) is 0.232. The van der Waals surface area contributed by atoms with Crippen LogP contribution >= 0.6 is 0 Å². The van der Waals surface area contributed by atoms with Crippen LogP contribution in [-0.4, -0.2) is 42.1 Å². The molecule has 1 fully saturated rings. The number of amides is 1. The number of hydrogen-bond acceptors (Lipinski definition) is 4. The first-order valence-electron chi connectivity index (χ1n) is 8.66. The van der Waals surface area contributed by atoms with Gasteiger partial charge in [-0.3, -0.25) is 9.59 Å². The number of piperidine rings is 1. The highest BCUT2D eigenvalue weighted by Gasteiger charge is 2.23. The van der Waals surface area contributed by atoms with Gasteiger partial charge in [0, 0.05) is 12.6 Å². The molecule has 2 rings (SSSR count). The molecule has 1 aliphatic heterocycles. The van der Waals surface area contributed by atoms with E-state index in [9.17, 15) is 9.59 Å².